The molecule has 0 aliphatic rings. The van der Waals surface area contributed by atoms with Gasteiger partial charge < -0.3 is 5.32 Å². The van der Waals surface area contributed by atoms with Gasteiger partial charge in [-0.25, -0.2) is 9.97 Å². The molecule has 0 amide bonds. The number of hydrogen-bond acceptors (Lipinski definition) is 5. The maximum atomic E-state index is 4.51. The molecular formula is C13H12N4S. The van der Waals surface area contributed by atoms with Crippen LogP contribution in [0.1, 0.15) is 10.6 Å². The van der Waals surface area contributed by atoms with Gasteiger partial charge in [-0.15, -0.1) is 11.3 Å². The number of thiazole rings is 1. The summed E-state index contributed by atoms with van der Waals surface area (Å²) < 4.78 is 0. The SMILES string of the molecule is Cc1ncsc1CNc1cnc2ccccc2n1. The average Bonchev–Trinajstić information content (AvgIpc) is 2.82. The van der Waals surface area contributed by atoms with E-state index in [4.69, 9.17) is 0 Å². The molecule has 2 aromatic heterocycles. The van der Waals surface area contributed by atoms with Crippen molar-refractivity contribution in [1.29, 1.82) is 0 Å². The molecule has 5 heteroatoms. The molecule has 1 N–H and O–H groups in total. The van der Waals surface area contributed by atoms with Crippen LogP contribution in [-0.2, 0) is 6.54 Å². The number of aromatic nitrogens is 3. The van der Waals surface area contributed by atoms with Gasteiger partial charge in [0.2, 0.25) is 0 Å². The molecule has 0 aliphatic carbocycles. The van der Waals surface area contributed by atoms with Crippen LogP contribution in [0.3, 0.4) is 0 Å². The topological polar surface area (TPSA) is 50.7 Å². The Morgan fingerprint density at radius 3 is 2.78 bits per heavy atom. The average molecular weight is 256 g/mol. The Bertz CT molecular complexity index is 677. The normalized spacial score (nSPS) is 10.7. The second-order valence-electron chi connectivity index (χ2n) is 3.96. The minimum absolute atomic E-state index is 0.740. The van der Waals surface area contributed by atoms with Crippen LogP contribution in [0.5, 0.6) is 0 Å². The Labute approximate surface area is 109 Å². The van der Waals surface area contributed by atoms with E-state index in [2.05, 4.69) is 20.3 Å². The summed E-state index contributed by atoms with van der Waals surface area (Å²) in [5.74, 6) is 0.793. The van der Waals surface area contributed by atoms with Gasteiger partial charge in [-0.3, -0.25) is 4.98 Å². The van der Waals surface area contributed by atoms with Crippen LogP contribution in [0, 0.1) is 6.92 Å². The first-order chi connectivity index (χ1) is 8.83. The molecule has 0 unspecified atom stereocenters. The standard InChI is InChI=1S/C13H12N4S/c1-9-12(18-8-16-9)6-15-13-7-14-10-4-2-3-5-11(10)17-13/h2-5,7-8H,6H2,1H3,(H,15,17). The van der Waals surface area contributed by atoms with E-state index in [1.165, 1.54) is 4.88 Å². The summed E-state index contributed by atoms with van der Waals surface area (Å²) in [5.41, 5.74) is 4.75. The largest absolute Gasteiger partial charge is 0.364 e. The fraction of sp³-hybridized carbons (Fsp3) is 0.154. The molecule has 18 heavy (non-hydrogen) atoms. The van der Waals surface area contributed by atoms with Crippen molar-refractivity contribution < 1.29 is 0 Å². The van der Waals surface area contributed by atoms with Crippen molar-refractivity contribution in [2.24, 2.45) is 0 Å². The summed E-state index contributed by atoms with van der Waals surface area (Å²) in [6, 6.07) is 7.85. The van der Waals surface area contributed by atoms with E-state index in [1.54, 1.807) is 17.5 Å². The van der Waals surface area contributed by atoms with E-state index in [-0.39, 0.29) is 0 Å². The monoisotopic (exact) mass is 256 g/mol. The maximum absolute atomic E-state index is 4.51. The van der Waals surface area contributed by atoms with E-state index >= 15 is 0 Å². The Hall–Kier alpha value is -2.01. The highest BCUT2D eigenvalue weighted by Gasteiger charge is 2.02. The summed E-state index contributed by atoms with van der Waals surface area (Å²) in [4.78, 5) is 14.3. The lowest BCUT2D eigenvalue weighted by Crippen LogP contribution is -2.01. The van der Waals surface area contributed by atoms with Crippen LogP contribution in [0.25, 0.3) is 11.0 Å². The van der Waals surface area contributed by atoms with Crippen molar-refractivity contribution in [3.05, 3.63) is 46.5 Å². The molecule has 1 aromatic carbocycles. The van der Waals surface area contributed by atoms with E-state index in [1.807, 2.05) is 36.7 Å². The van der Waals surface area contributed by atoms with Gasteiger partial charge in [-0.1, -0.05) is 12.1 Å². The second kappa shape index (κ2) is 4.70. The summed E-state index contributed by atoms with van der Waals surface area (Å²) in [5, 5.41) is 3.28. The number of nitrogens with one attached hydrogen (secondary N) is 1. The van der Waals surface area contributed by atoms with Gasteiger partial charge >= 0.3 is 0 Å². The van der Waals surface area contributed by atoms with Gasteiger partial charge in [0.05, 0.1) is 35.0 Å². The lowest BCUT2D eigenvalue weighted by atomic mass is 10.3. The van der Waals surface area contributed by atoms with E-state index in [0.29, 0.717) is 0 Å². The van der Waals surface area contributed by atoms with Gasteiger partial charge in [-0.2, -0.15) is 0 Å². The quantitative estimate of drug-likeness (QED) is 0.782. The third kappa shape index (κ3) is 2.17. The smallest absolute Gasteiger partial charge is 0.145 e. The predicted octanol–water partition coefficient (Wildman–Crippen LogP) is 3.01. The lowest BCUT2D eigenvalue weighted by molar-refractivity contribution is 1.09. The molecule has 0 saturated heterocycles. The highest BCUT2D eigenvalue weighted by atomic mass is 32.1. The molecular weight excluding hydrogens is 244 g/mol. The van der Waals surface area contributed by atoms with E-state index < -0.39 is 0 Å². The van der Waals surface area contributed by atoms with Crippen LogP contribution in [0.15, 0.2) is 36.0 Å². The Morgan fingerprint density at radius 2 is 2.00 bits per heavy atom. The van der Waals surface area contributed by atoms with Crippen molar-refractivity contribution in [3.63, 3.8) is 0 Å². The molecule has 90 valence electrons. The lowest BCUT2D eigenvalue weighted by Gasteiger charge is -2.05. The van der Waals surface area contributed by atoms with Gasteiger partial charge in [-0.05, 0) is 19.1 Å². The maximum Gasteiger partial charge on any atom is 0.145 e. The van der Waals surface area contributed by atoms with Crippen molar-refractivity contribution in [3.8, 4) is 0 Å². The fourth-order valence-electron chi connectivity index (χ4n) is 1.71. The van der Waals surface area contributed by atoms with Crippen molar-refractivity contribution in [2.45, 2.75) is 13.5 Å². The fourth-order valence-corrected chi connectivity index (χ4v) is 2.43. The predicted molar refractivity (Wildman–Crippen MR) is 73.7 cm³/mol. The molecule has 0 bridgehead atoms. The first-order valence-corrected chi connectivity index (χ1v) is 6.55. The number of hydrogen-bond donors (Lipinski definition) is 1. The van der Waals surface area contributed by atoms with E-state index in [9.17, 15) is 0 Å². The molecule has 0 fully saturated rings. The zero-order valence-corrected chi connectivity index (χ0v) is 10.7. The van der Waals surface area contributed by atoms with Gasteiger partial charge in [0.1, 0.15) is 5.82 Å². The van der Waals surface area contributed by atoms with Crippen LogP contribution in [-0.4, -0.2) is 15.0 Å². The molecule has 4 nitrogen and oxygen atoms in total. The number of para-hydroxylation sites is 2. The number of benzene rings is 1. The third-order valence-corrected chi connectivity index (χ3v) is 3.66. The van der Waals surface area contributed by atoms with Crippen molar-refractivity contribution >= 4 is 28.2 Å². The van der Waals surface area contributed by atoms with Crippen LogP contribution in [0.4, 0.5) is 5.82 Å². The molecule has 3 rings (SSSR count). The van der Waals surface area contributed by atoms with Crippen LogP contribution in [0.2, 0.25) is 0 Å². The van der Waals surface area contributed by atoms with Gasteiger partial charge in [0, 0.05) is 4.88 Å². The van der Waals surface area contributed by atoms with Gasteiger partial charge in [0.25, 0.3) is 0 Å². The molecule has 0 atom stereocenters. The third-order valence-electron chi connectivity index (χ3n) is 2.72. The van der Waals surface area contributed by atoms with Gasteiger partial charge in [0.15, 0.2) is 0 Å². The number of fused-ring (bicyclic) bond motifs is 1. The molecule has 0 saturated carbocycles. The highest BCUT2D eigenvalue weighted by molar-refractivity contribution is 7.09. The zero-order chi connectivity index (χ0) is 12.4. The summed E-state index contributed by atoms with van der Waals surface area (Å²) in [6.07, 6.45) is 1.76. The molecule has 0 aliphatic heterocycles. The minimum Gasteiger partial charge on any atom is -0.364 e. The number of anilines is 1. The molecule has 0 spiro atoms. The highest BCUT2D eigenvalue weighted by Crippen LogP contribution is 2.15. The minimum atomic E-state index is 0.740. The van der Waals surface area contributed by atoms with Crippen LogP contribution >= 0.6 is 11.3 Å². The van der Waals surface area contributed by atoms with Crippen LogP contribution < -0.4 is 5.32 Å². The summed E-state index contributed by atoms with van der Waals surface area (Å²) in [6.45, 7) is 2.75. The number of rotatable bonds is 3. The number of nitrogens with zero attached hydrogens (tertiary/aromatic N) is 3. The zero-order valence-electron chi connectivity index (χ0n) is 9.92. The molecule has 3 aromatic rings. The Morgan fingerprint density at radius 1 is 1.17 bits per heavy atom. The first kappa shape index (κ1) is 11.1. The van der Waals surface area contributed by atoms with Crippen molar-refractivity contribution in [2.75, 3.05) is 5.32 Å². The second-order valence-corrected chi connectivity index (χ2v) is 4.90. The number of aryl methyl sites for hydroxylation is 1. The van der Waals surface area contributed by atoms with Crippen molar-refractivity contribution in [1.82, 2.24) is 15.0 Å². The summed E-state index contributed by atoms with van der Waals surface area (Å²) >= 11 is 1.65. The Kier molecular flexibility index (Phi) is 2.90. The van der Waals surface area contributed by atoms with E-state index in [0.717, 1.165) is 29.1 Å². The molecule has 2 heterocycles. The first-order valence-electron chi connectivity index (χ1n) is 5.67. The Balaban J connectivity index is 1.81. The summed E-state index contributed by atoms with van der Waals surface area (Å²) in [7, 11) is 0. The molecule has 0 radical (unpaired) electrons.